The summed E-state index contributed by atoms with van der Waals surface area (Å²) in [6.07, 6.45) is 0. The zero-order chi connectivity index (χ0) is 13.7. The van der Waals surface area contributed by atoms with Gasteiger partial charge in [-0.15, -0.1) is 11.3 Å². The Hall–Kier alpha value is -2.25. The van der Waals surface area contributed by atoms with Gasteiger partial charge in [-0.1, -0.05) is 12.1 Å². The van der Waals surface area contributed by atoms with Crippen LogP contribution in [0.15, 0.2) is 35.2 Å². The van der Waals surface area contributed by atoms with Crippen molar-refractivity contribution in [2.75, 3.05) is 6.61 Å². The maximum atomic E-state index is 9.12. The van der Waals surface area contributed by atoms with Gasteiger partial charge in [-0.25, -0.2) is 14.8 Å². The molecule has 0 unspecified atom stereocenters. The molecule has 2 aromatic heterocycles. The van der Waals surface area contributed by atoms with Crippen molar-refractivity contribution >= 4 is 28.3 Å². The number of benzene rings is 1. The van der Waals surface area contributed by atoms with Crippen molar-refractivity contribution in [2.45, 2.75) is 0 Å². The van der Waals surface area contributed by atoms with Crippen LogP contribution in [0.4, 0.5) is 0 Å². The normalized spacial score (nSPS) is 9.95. The van der Waals surface area contributed by atoms with Crippen LogP contribution in [0.3, 0.4) is 0 Å². The number of fused-ring (bicyclic) bond motifs is 1. The fraction of sp³-hybridized carbons (Fsp3) is 0.0833. The molecule has 0 aliphatic heterocycles. The van der Waals surface area contributed by atoms with E-state index >= 15 is 0 Å². The number of aliphatic hydroxyl groups excluding tert-OH is 1. The summed E-state index contributed by atoms with van der Waals surface area (Å²) in [5.41, 5.74) is 4.75. The van der Waals surface area contributed by atoms with Crippen molar-refractivity contribution in [2.24, 2.45) is 0 Å². The molecule has 2 heterocycles. The zero-order valence-corrected chi connectivity index (χ0v) is 10.6. The number of hydrogen-bond donors (Lipinski definition) is 3. The number of rotatable bonds is 2. The summed E-state index contributed by atoms with van der Waals surface area (Å²) in [5, 5.41) is 17.0. The van der Waals surface area contributed by atoms with Gasteiger partial charge in [-0.3, -0.25) is 0 Å². The first-order valence-electron chi connectivity index (χ1n) is 5.36. The van der Waals surface area contributed by atoms with E-state index in [0.29, 0.717) is 0 Å². The molecule has 3 rings (SSSR count). The lowest BCUT2D eigenvalue weighted by atomic mass is 10.3. The molecule has 19 heavy (non-hydrogen) atoms. The largest absolute Gasteiger partial charge is 0.480 e. The van der Waals surface area contributed by atoms with Crippen LogP contribution in [-0.4, -0.2) is 37.7 Å². The summed E-state index contributed by atoms with van der Waals surface area (Å²) in [6, 6.07) is 7.97. The molecule has 0 radical (unpaired) electrons. The Labute approximate surface area is 112 Å². The van der Waals surface area contributed by atoms with E-state index in [0.717, 1.165) is 22.6 Å². The van der Waals surface area contributed by atoms with Gasteiger partial charge in [0.1, 0.15) is 12.3 Å². The number of H-pyrrole nitrogens is 1. The average Bonchev–Trinajstić information content (AvgIpc) is 3.07. The predicted molar refractivity (Wildman–Crippen MR) is 71.9 cm³/mol. The molecule has 0 aliphatic carbocycles. The van der Waals surface area contributed by atoms with Gasteiger partial charge in [-0.2, -0.15) is 0 Å². The van der Waals surface area contributed by atoms with Crippen LogP contribution in [0.2, 0.25) is 0 Å². The van der Waals surface area contributed by atoms with Crippen LogP contribution in [0.1, 0.15) is 0 Å². The lowest BCUT2D eigenvalue weighted by molar-refractivity contribution is -0.140. The monoisotopic (exact) mass is 277 g/mol. The highest BCUT2D eigenvalue weighted by atomic mass is 32.1. The number of aromatic amines is 1. The number of aliphatic carboxylic acids is 1. The third-order valence-corrected chi connectivity index (χ3v) is 2.79. The number of aliphatic hydroxyl groups is 1. The van der Waals surface area contributed by atoms with Crippen molar-refractivity contribution in [3.05, 3.63) is 35.2 Å². The van der Waals surface area contributed by atoms with Crippen molar-refractivity contribution < 1.29 is 15.0 Å². The fourth-order valence-corrected chi connectivity index (χ4v) is 1.94. The van der Waals surface area contributed by atoms with Crippen molar-refractivity contribution in [3.8, 4) is 11.5 Å². The van der Waals surface area contributed by atoms with E-state index in [1.165, 1.54) is 0 Å². The van der Waals surface area contributed by atoms with Crippen molar-refractivity contribution in [1.29, 1.82) is 0 Å². The molecule has 6 nitrogen and oxygen atoms in total. The Bertz CT molecular complexity index is 631. The second kappa shape index (κ2) is 6.07. The molecule has 0 bridgehead atoms. The van der Waals surface area contributed by atoms with Crippen LogP contribution in [-0.2, 0) is 4.79 Å². The van der Waals surface area contributed by atoms with Crippen LogP contribution >= 0.6 is 11.3 Å². The summed E-state index contributed by atoms with van der Waals surface area (Å²) in [6.45, 7) is -0.778. The van der Waals surface area contributed by atoms with Crippen LogP contribution < -0.4 is 0 Å². The Balaban J connectivity index is 0.000000232. The number of para-hydroxylation sites is 2. The van der Waals surface area contributed by atoms with E-state index in [9.17, 15) is 0 Å². The molecule has 3 aromatic rings. The maximum Gasteiger partial charge on any atom is 0.329 e. The topological polar surface area (TPSA) is 99.1 Å². The molecule has 0 spiro atoms. The predicted octanol–water partition coefficient (Wildman–Crippen LogP) is 1.75. The minimum Gasteiger partial charge on any atom is -0.480 e. The Morgan fingerprint density at radius 3 is 2.68 bits per heavy atom. The minimum absolute atomic E-state index is 0.778. The molecule has 7 heteroatoms. The smallest absolute Gasteiger partial charge is 0.329 e. The van der Waals surface area contributed by atoms with Gasteiger partial charge in [-0.05, 0) is 12.1 Å². The number of carbonyl (C=O) groups is 1. The third kappa shape index (κ3) is 3.36. The summed E-state index contributed by atoms with van der Waals surface area (Å²) in [4.78, 5) is 21.0. The second-order valence-electron chi connectivity index (χ2n) is 3.53. The number of imidazole rings is 1. The molecule has 0 saturated heterocycles. The standard InChI is InChI=1S/C10H7N3S.C2H4O3/c1-2-4-8-7(3-1)12-10(13-8)9-5-14-6-11-9;3-1-2(4)5/h1-6H,(H,12,13);3H,1H2,(H,4,5). The van der Waals surface area contributed by atoms with Crippen molar-refractivity contribution in [3.63, 3.8) is 0 Å². The van der Waals surface area contributed by atoms with Gasteiger partial charge in [0.2, 0.25) is 0 Å². The lowest BCUT2D eigenvalue weighted by Crippen LogP contribution is -1.98. The zero-order valence-electron chi connectivity index (χ0n) is 9.78. The first-order valence-corrected chi connectivity index (χ1v) is 6.31. The summed E-state index contributed by atoms with van der Waals surface area (Å²) >= 11 is 1.57. The summed E-state index contributed by atoms with van der Waals surface area (Å²) < 4.78 is 0. The van der Waals surface area contributed by atoms with Gasteiger partial charge in [0.05, 0.1) is 16.5 Å². The van der Waals surface area contributed by atoms with Gasteiger partial charge in [0.15, 0.2) is 5.82 Å². The number of carboxylic acids is 1. The Morgan fingerprint density at radius 2 is 2.11 bits per heavy atom. The number of carboxylic acid groups (broad SMARTS) is 1. The van der Waals surface area contributed by atoms with E-state index in [-0.39, 0.29) is 0 Å². The summed E-state index contributed by atoms with van der Waals surface area (Å²) in [5.74, 6) is -0.350. The van der Waals surface area contributed by atoms with E-state index < -0.39 is 12.6 Å². The van der Waals surface area contributed by atoms with Crippen LogP contribution in [0.25, 0.3) is 22.6 Å². The van der Waals surface area contributed by atoms with E-state index in [4.69, 9.17) is 15.0 Å². The molecular weight excluding hydrogens is 266 g/mol. The molecular formula is C12H11N3O3S. The van der Waals surface area contributed by atoms with Gasteiger partial charge < -0.3 is 15.2 Å². The Morgan fingerprint density at radius 1 is 1.37 bits per heavy atom. The van der Waals surface area contributed by atoms with E-state index in [2.05, 4.69) is 15.0 Å². The highest BCUT2D eigenvalue weighted by Crippen LogP contribution is 2.19. The highest BCUT2D eigenvalue weighted by Gasteiger charge is 2.05. The third-order valence-electron chi connectivity index (χ3n) is 2.20. The quantitative estimate of drug-likeness (QED) is 0.662. The van der Waals surface area contributed by atoms with Gasteiger partial charge in [0.25, 0.3) is 0 Å². The SMILES string of the molecule is O=C(O)CO.c1ccc2[nH]c(-c3cscn3)nc2c1. The second-order valence-corrected chi connectivity index (χ2v) is 4.25. The Kier molecular flexibility index (Phi) is 4.22. The first-order chi connectivity index (χ1) is 9.20. The van der Waals surface area contributed by atoms with E-state index in [1.54, 1.807) is 11.3 Å². The average molecular weight is 277 g/mol. The minimum atomic E-state index is -1.19. The highest BCUT2D eigenvalue weighted by molar-refractivity contribution is 7.07. The fourth-order valence-electron chi connectivity index (χ4n) is 1.40. The number of thiazole rings is 1. The molecule has 3 N–H and O–H groups in total. The molecule has 0 saturated carbocycles. The van der Waals surface area contributed by atoms with Crippen molar-refractivity contribution in [1.82, 2.24) is 15.0 Å². The van der Waals surface area contributed by atoms with E-state index in [1.807, 2.05) is 35.2 Å². The van der Waals surface area contributed by atoms with Crippen LogP contribution in [0.5, 0.6) is 0 Å². The lowest BCUT2D eigenvalue weighted by Gasteiger charge is -1.84. The molecule has 0 aliphatic rings. The van der Waals surface area contributed by atoms with Gasteiger partial charge in [0, 0.05) is 5.38 Å². The number of nitrogens with one attached hydrogen (secondary N) is 1. The number of hydrogen-bond acceptors (Lipinski definition) is 5. The van der Waals surface area contributed by atoms with Crippen LogP contribution in [0, 0.1) is 0 Å². The number of nitrogens with zero attached hydrogens (tertiary/aromatic N) is 2. The molecule has 98 valence electrons. The molecule has 0 atom stereocenters. The molecule has 0 amide bonds. The maximum absolute atomic E-state index is 9.12. The first kappa shape index (κ1) is 13.2. The molecule has 0 fully saturated rings. The number of aromatic nitrogens is 3. The van der Waals surface area contributed by atoms with Gasteiger partial charge >= 0.3 is 5.97 Å². The summed E-state index contributed by atoms with van der Waals surface area (Å²) in [7, 11) is 0. The molecule has 1 aromatic carbocycles.